The number of halogens is 1. The number of ether oxygens (including phenoxy) is 1. The standard InChI is InChI=1S/C20H25FN4O4S/c1-20(2,3)30(27,28)17-12-25-15(11-23-19(25)10-16(17)29-4)14-8-13(9-18(21)24-14)22-6-5-7-26/h8-12,26H,5-7H2,1-4H3,(H,22,24). The van der Waals surface area contributed by atoms with Crippen molar-refractivity contribution in [2.75, 3.05) is 25.6 Å². The van der Waals surface area contributed by atoms with Gasteiger partial charge in [0, 0.05) is 37.2 Å². The van der Waals surface area contributed by atoms with Crippen LogP contribution in [0.15, 0.2) is 35.5 Å². The summed E-state index contributed by atoms with van der Waals surface area (Å²) in [6.45, 7) is 5.32. The average Bonchev–Trinajstić information content (AvgIpc) is 3.08. The zero-order chi connectivity index (χ0) is 22.1. The van der Waals surface area contributed by atoms with Crippen molar-refractivity contribution in [3.05, 3.63) is 36.5 Å². The number of imidazole rings is 1. The lowest BCUT2D eigenvalue weighted by atomic mass is 10.2. The van der Waals surface area contributed by atoms with Gasteiger partial charge in [-0.3, -0.25) is 4.40 Å². The molecule has 0 aliphatic heterocycles. The highest BCUT2D eigenvalue weighted by Crippen LogP contribution is 2.34. The third-order valence-corrected chi connectivity index (χ3v) is 7.11. The van der Waals surface area contributed by atoms with E-state index in [0.717, 1.165) is 0 Å². The van der Waals surface area contributed by atoms with Crippen molar-refractivity contribution < 1.29 is 22.7 Å². The molecular weight excluding hydrogens is 411 g/mol. The molecule has 0 spiro atoms. The molecule has 3 aromatic heterocycles. The molecule has 3 heterocycles. The first kappa shape index (κ1) is 22.0. The fourth-order valence-corrected chi connectivity index (χ4v) is 4.22. The van der Waals surface area contributed by atoms with E-state index in [1.807, 2.05) is 0 Å². The SMILES string of the molecule is COc1cc2ncc(-c3cc(NCCCO)cc(F)n3)n2cc1S(=O)(=O)C(C)(C)C. The minimum Gasteiger partial charge on any atom is -0.495 e. The third kappa shape index (κ3) is 4.10. The van der Waals surface area contributed by atoms with Crippen LogP contribution in [0, 0.1) is 5.95 Å². The van der Waals surface area contributed by atoms with Crippen LogP contribution in [-0.2, 0) is 9.84 Å². The molecule has 2 N–H and O–H groups in total. The van der Waals surface area contributed by atoms with Crippen LogP contribution in [0.4, 0.5) is 10.1 Å². The van der Waals surface area contributed by atoms with Gasteiger partial charge < -0.3 is 15.2 Å². The van der Waals surface area contributed by atoms with E-state index in [9.17, 15) is 12.8 Å². The lowest BCUT2D eigenvalue weighted by Crippen LogP contribution is -2.28. The number of rotatable bonds is 7. The van der Waals surface area contributed by atoms with Gasteiger partial charge in [-0.1, -0.05) is 0 Å². The van der Waals surface area contributed by atoms with Crippen LogP contribution >= 0.6 is 0 Å². The highest BCUT2D eigenvalue weighted by molar-refractivity contribution is 7.92. The van der Waals surface area contributed by atoms with Gasteiger partial charge in [-0.05, 0) is 33.3 Å². The number of anilines is 1. The van der Waals surface area contributed by atoms with Crippen molar-refractivity contribution in [1.29, 1.82) is 0 Å². The monoisotopic (exact) mass is 436 g/mol. The molecule has 0 aliphatic carbocycles. The Balaban J connectivity index is 2.16. The Kier molecular flexibility index (Phi) is 6.00. The first-order chi connectivity index (χ1) is 14.1. The minimum absolute atomic E-state index is 0.0157. The predicted octanol–water partition coefficient (Wildman–Crippen LogP) is 2.91. The summed E-state index contributed by atoms with van der Waals surface area (Å²) >= 11 is 0. The second-order valence-corrected chi connectivity index (χ2v) is 10.4. The molecule has 0 aliphatic rings. The Hall–Kier alpha value is -2.72. The summed E-state index contributed by atoms with van der Waals surface area (Å²) in [5.41, 5.74) is 1.66. The van der Waals surface area contributed by atoms with Crippen molar-refractivity contribution in [2.24, 2.45) is 0 Å². The molecule has 0 amide bonds. The lowest BCUT2D eigenvalue weighted by Gasteiger charge is -2.21. The first-order valence-corrected chi connectivity index (χ1v) is 10.9. The number of fused-ring (bicyclic) bond motifs is 1. The number of methoxy groups -OCH3 is 1. The third-order valence-electron chi connectivity index (χ3n) is 4.61. The zero-order valence-corrected chi connectivity index (χ0v) is 18.1. The van der Waals surface area contributed by atoms with Gasteiger partial charge in [-0.2, -0.15) is 4.39 Å². The van der Waals surface area contributed by atoms with Crippen molar-refractivity contribution in [1.82, 2.24) is 14.4 Å². The summed E-state index contributed by atoms with van der Waals surface area (Å²) in [5.74, 6) is -0.502. The number of pyridine rings is 2. The number of nitrogens with one attached hydrogen (secondary N) is 1. The van der Waals surface area contributed by atoms with Crippen LogP contribution in [0.25, 0.3) is 17.0 Å². The smallest absolute Gasteiger partial charge is 0.215 e. The van der Waals surface area contributed by atoms with Gasteiger partial charge in [0.1, 0.15) is 16.3 Å². The van der Waals surface area contributed by atoms with Crippen molar-refractivity contribution in [3.63, 3.8) is 0 Å². The van der Waals surface area contributed by atoms with Gasteiger partial charge in [0.15, 0.2) is 9.84 Å². The van der Waals surface area contributed by atoms with Crippen LogP contribution in [-0.4, -0.2) is 52.9 Å². The number of aliphatic hydroxyl groups excluding tert-OH is 1. The zero-order valence-electron chi connectivity index (χ0n) is 17.3. The molecule has 0 radical (unpaired) electrons. The average molecular weight is 437 g/mol. The maximum atomic E-state index is 14.1. The van der Waals surface area contributed by atoms with E-state index >= 15 is 0 Å². The fraction of sp³-hybridized carbons (Fsp3) is 0.400. The highest BCUT2D eigenvalue weighted by Gasteiger charge is 2.34. The first-order valence-electron chi connectivity index (χ1n) is 9.41. The molecule has 0 unspecified atom stereocenters. The van der Waals surface area contributed by atoms with Crippen LogP contribution in [0.1, 0.15) is 27.2 Å². The second-order valence-electron chi connectivity index (χ2n) is 7.76. The molecule has 10 heteroatoms. The summed E-state index contributed by atoms with van der Waals surface area (Å²) in [6.07, 6.45) is 3.45. The van der Waals surface area contributed by atoms with Crippen LogP contribution in [0.3, 0.4) is 0 Å². The Morgan fingerprint density at radius 1 is 1.27 bits per heavy atom. The second kappa shape index (κ2) is 8.19. The van der Waals surface area contributed by atoms with E-state index in [-0.39, 0.29) is 17.3 Å². The van der Waals surface area contributed by atoms with E-state index in [1.165, 1.54) is 31.6 Å². The molecule has 0 saturated heterocycles. The number of hydrogen-bond acceptors (Lipinski definition) is 7. The topological polar surface area (TPSA) is 106 Å². The van der Waals surface area contributed by atoms with Crippen molar-refractivity contribution in [3.8, 4) is 17.1 Å². The molecule has 8 nitrogen and oxygen atoms in total. The summed E-state index contributed by atoms with van der Waals surface area (Å²) in [6, 6.07) is 4.43. The quantitative estimate of drug-likeness (QED) is 0.433. The van der Waals surface area contributed by atoms with E-state index in [0.29, 0.717) is 35.7 Å². The number of nitrogens with zero attached hydrogens (tertiary/aromatic N) is 3. The van der Waals surface area contributed by atoms with E-state index in [4.69, 9.17) is 9.84 Å². The Morgan fingerprint density at radius 2 is 2.00 bits per heavy atom. The van der Waals surface area contributed by atoms with Crippen molar-refractivity contribution >= 4 is 21.2 Å². The number of aromatic nitrogens is 3. The highest BCUT2D eigenvalue weighted by atomic mass is 32.2. The molecule has 0 fully saturated rings. The normalized spacial score (nSPS) is 12.3. The number of aliphatic hydroxyl groups is 1. The van der Waals surface area contributed by atoms with Gasteiger partial charge in [0.25, 0.3) is 0 Å². The maximum Gasteiger partial charge on any atom is 0.215 e. The lowest BCUT2D eigenvalue weighted by molar-refractivity contribution is 0.292. The fourth-order valence-electron chi connectivity index (χ4n) is 2.91. The van der Waals surface area contributed by atoms with Gasteiger partial charge in [0.2, 0.25) is 5.95 Å². The molecular formula is C20H25FN4O4S. The summed E-state index contributed by atoms with van der Waals surface area (Å²) in [7, 11) is -2.32. The predicted molar refractivity (Wildman–Crippen MR) is 112 cm³/mol. The Bertz CT molecular complexity index is 1170. The van der Waals surface area contributed by atoms with E-state index < -0.39 is 20.5 Å². The van der Waals surface area contributed by atoms with Gasteiger partial charge in [-0.15, -0.1) is 0 Å². The Labute approximate surface area is 174 Å². The minimum atomic E-state index is -3.72. The van der Waals surface area contributed by atoms with Crippen LogP contribution in [0.2, 0.25) is 0 Å². The molecule has 0 saturated carbocycles. The molecule has 3 rings (SSSR count). The van der Waals surface area contributed by atoms with Crippen molar-refractivity contribution in [2.45, 2.75) is 36.8 Å². The molecule has 162 valence electrons. The van der Waals surface area contributed by atoms with Gasteiger partial charge in [0.05, 0.1) is 29.4 Å². The maximum absolute atomic E-state index is 14.1. The molecule has 3 aromatic rings. The molecule has 0 aromatic carbocycles. The largest absolute Gasteiger partial charge is 0.495 e. The summed E-state index contributed by atoms with van der Waals surface area (Å²) < 4.78 is 46.1. The van der Waals surface area contributed by atoms with Crippen LogP contribution < -0.4 is 10.1 Å². The number of hydrogen-bond donors (Lipinski definition) is 2. The van der Waals surface area contributed by atoms with Gasteiger partial charge >= 0.3 is 0 Å². The molecule has 30 heavy (non-hydrogen) atoms. The van der Waals surface area contributed by atoms with E-state index in [2.05, 4.69) is 15.3 Å². The Morgan fingerprint density at radius 3 is 2.63 bits per heavy atom. The van der Waals surface area contributed by atoms with Crippen LogP contribution in [0.5, 0.6) is 5.75 Å². The summed E-state index contributed by atoms with van der Waals surface area (Å²) in [4.78, 5) is 8.25. The molecule has 0 bridgehead atoms. The van der Waals surface area contributed by atoms with E-state index in [1.54, 1.807) is 31.2 Å². The molecule has 0 atom stereocenters. The summed E-state index contributed by atoms with van der Waals surface area (Å²) in [5, 5.41) is 11.9. The number of sulfone groups is 1. The van der Waals surface area contributed by atoms with Gasteiger partial charge in [-0.25, -0.2) is 18.4 Å².